The van der Waals surface area contributed by atoms with Gasteiger partial charge in [-0.05, 0) is 5.56 Å². The van der Waals surface area contributed by atoms with Crippen LogP contribution in [-0.4, -0.2) is 40.8 Å². The SMILES string of the molecule is O=C(O)[C@@H]1C[C@H](F)CN1C(=O)OCc1ccccc1. The molecular formula is C13H14FNO4. The Bertz CT molecular complexity index is 465. The number of halogens is 1. The van der Waals surface area contributed by atoms with Gasteiger partial charge in [-0.2, -0.15) is 0 Å². The van der Waals surface area contributed by atoms with Crippen molar-refractivity contribution in [2.24, 2.45) is 0 Å². The average Bonchev–Trinajstić information content (AvgIpc) is 2.79. The number of benzene rings is 1. The maximum Gasteiger partial charge on any atom is 0.410 e. The summed E-state index contributed by atoms with van der Waals surface area (Å²) >= 11 is 0. The number of rotatable bonds is 3. The second-order valence-corrected chi connectivity index (χ2v) is 4.38. The van der Waals surface area contributed by atoms with Gasteiger partial charge in [0, 0.05) is 6.42 Å². The number of alkyl halides is 1. The summed E-state index contributed by atoms with van der Waals surface area (Å²) in [6.07, 6.45) is -2.29. The molecule has 1 heterocycles. The van der Waals surface area contributed by atoms with E-state index in [1.54, 1.807) is 24.3 Å². The highest BCUT2D eigenvalue weighted by molar-refractivity contribution is 5.80. The van der Waals surface area contributed by atoms with Gasteiger partial charge in [0.05, 0.1) is 6.54 Å². The van der Waals surface area contributed by atoms with Crippen LogP contribution in [0, 0.1) is 0 Å². The van der Waals surface area contributed by atoms with Crippen LogP contribution in [0.15, 0.2) is 30.3 Å². The van der Waals surface area contributed by atoms with Crippen LogP contribution in [-0.2, 0) is 16.1 Å². The number of aliphatic carboxylic acids is 1. The van der Waals surface area contributed by atoms with Gasteiger partial charge in [0.2, 0.25) is 0 Å². The van der Waals surface area contributed by atoms with E-state index in [1.807, 2.05) is 6.07 Å². The maximum atomic E-state index is 13.2. The highest BCUT2D eigenvalue weighted by Crippen LogP contribution is 2.21. The number of carbonyl (C=O) groups excluding carboxylic acids is 1. The minimum atomic E-state index is -1.31. The molecule has 1 N–H and O–H groups in total. The molecule has 1 aromatic rings. The van der Waals surface area contributed by atoms with Crippen LogP contribution < -0.4 is 0 Å². The van der Waals surface area contributed by atoms with Gasteiger partial charge in [-0.15, -0.1) is 0 Å². The van der Waals surface area contributed by atoms with Gasteiger partial charge in [-0.3, -0.25) is 4.90 Å². The molecule has 0 saturated carbocycles. The largest absolute Gasteiger partial charge is 0.480 e. The molecule has 19 heavy (non-hydrogen) atoms. The number of carboxylic acid groups (broad SMARTS) is 1. The standard InChI is InChI=1S/C13H14FNO4/c14-10-6-11(12(16)17)15(7-10)13(18)19-8-9-4-2-1-3-5-9/h1-5,10-11H,6-8H2,(H,16,17)/t10-,11-/m0/s1. The Morgan fingerprint density at radius 3 is 2.68 bits per heavy atom. The Morgan fingerprint density at radius 1 is 1.37 bits per heavy atom. The molecule has 1 aliphatic heterocycles. The van der Waals surface area contributed by atoms with Crippen molar-refractivity contribution in [1.82, 2.24) is 4.90 Å². The van der Waals surface area contributed by atoms with Crippen molar-refractivity contribution in [3.05, 3.63) is 35.9 Å². The van der Waals surface area contributed by atoms with Crippen LogP contribution in [0.4, 0.5) is 9.18 Å². The molecule has 1 fully saturated rings. The molecule has 102 valence electrons. The van der Waals surface area contributed by atoms with Crippen molar-refractivity contribution in [3.63, 3.8) is 0 Å². The molecule has 0 aromatic heterocycles. The third kappa shape index (κ3) is 3.21. The van der Waals surface area contributed by atoms with Gasteiger partial charge in [0.25, 0.3) is 0 Å². The Balaban J connectivity index is 1.94. The molecule has 0 radical (unpaired) electrons. The van der Waals surface area contributed by atoms with Crippen LogP contribution in [0.1, 0.15) is 12.0 Å². The summed E-state index contributed by atoms with van der Waals surface area (Å²) in [7, 11) is 0. The van der Waals surface area contributed by atoms with Crippen molar-refractivity contribution in [2.75, 3.05) is 6.54 Å². The fraction of sp³-hybridized carbons (Fsp3) is 0.385. The lowest BCUT2D eigenvalue weighted by Crippen LogP contribution is -2.40. The Labute approximate surface area is 109 Å². The number of hydrogen-bond acceptors (Lipinski definition) is 3. The monoisotopic (exact) mass is 267 g/mol. The summed E-state index contributed by atoms with van der Waals surface area (Å²) in [5.74, 6) is -1.21. The van der Waals surface area contributed by atoms with Gasteiger partial charge in [-0.25, -0.2) is 14.0 Å². The van der Waals surface area contributed by atoms with Crippen LogP contribution in [0.3, 0.4) is 0 Å². The highest BCUT2D eigenvalue weighted by atomic mass is 19.1. The first-order valence-electron chi connectivity index (χ1n) is 5.92. The lowest BCUT2D eigenvalue weighted by atomic mass is 10.2. The van der Waals surface area contributed by atoms with Crippen LogP contribution >= 0.6 is 0 Å². The minimum Gasteiger partial charge on any atom is -0.480 e. The van der Waals surface area contributed by atoms with Crippen LogP contribution in [0.25, 0.3) is 0 Å². The average molecular weight is 267 g/mol. The number of hydrogen-bond donors (Lipinski definition) is 1. The first-order valence-corrected chi connectivity index (χ1v) is 5.92. The Morgan fingerprint density at radius 2 is 2.05 bits per heavy atom. The smallest absolute Gasteiger partial charge is 0.410 e. The van der Waals surface area contributed by atoms with E-state index in [4.69, 9.17) is 9.84 Å². The zero-order valence-corrected chi connectivity index (χ0v) is 10.2. The lowest BCUT2D eigenvalue weighted by molar-refractivity contribution is -0.141. The molecule has 5 nitrogen and oxygen atoms in total. The zero-order valence-electron chi connectivity index (χ0n) is 10.2. The van der Waals surface area contributed by atoms with Gasteiger partial charge in [-0.1, -0.05) is 30.3 Å². The van der Waals surface area contributed by atoms with E-state index in [2.05, 4.69) is 0 Å². The molecule has 2 rings (SSSR count). The molecule has 1 aromatic carbocycles. The molecule has 0 spiro atoms. The van der Waals surface area contributed by atoms with Crippen molar-refractivity contribution in [3.8, 4) is 0 Å². The highest BCUT2D eigenvalue weighted by Gasteiger charge is 2.40. The first kappa shape index (κ1) is 13.3. The predicted molar refractivity (Wildman–Crippen MR) is 64.3 cm³/mol. The van der Waals surface area contributed by atoms with Crippen molar-refractivity contribution in [2.45, 2.75) is 25.2 Å². The molecule has 1 aliphatic rings. The van der Waals surface area contributed by atoms with Gasteiger partial charge in [0.1, 0.15) is 18.8 Å². The van der Waals surface area contributed by atoms with E-state index in [0.717, 1.165) is 10.5 Å². The third-order valence-corrected chi connectivity index (χ3v) is 2.97. The summed E-state index contributed by atoms with van der Waals surface area (Å²) in [5.41, 5.74) is 0.790. The summed E-state index contributed by atoms with van der Waals surface area (Å²) < 4.78 is 18.2. The molecule has 0 unspecified atom stereocenters. The van der Waals surface area contributed by atoms with Gasteiger partial charge >= 0.3 is 12.1 Å². The second-order valence-electron chi connectivity index (χ2n) is 4.38. The van der Waals surface area contributed by atoms with Crippen LogP contribution in [0.5, 0.6) is 0 Å². The van der Waals surface area contributed by atoms with Gasteiger partial charge in [0.15, 0.2) is 0 Å². The summed E-state index contributed by atoms with van der Waals surface area (Å²) in [4.78, 5) is 23.6. The number of carbonyl (C=O) groups is 2. The van der Waals surface area contributed by atoms with E-state index in [9.17, 15) is 14.0 Å². The van der Waals surface area contributed by atoms with E-state index in [-0.39, 0.29) is 19.6 Å². The molecule has 1 saturated heterocycles. The van der Waals surface area contributed by atoms with Gasteiger partial charge < -0.3 is 9.84 Å². The molecule has 2 atom stereocenters. The van der Waals surface area contributed by atoms with E-state index < -0.39 is 24.3 Å². The zero-order chi connectivity index (χ0) is 13.8. The third-order valence-electron chi connectivity index (χ3n) is 2.97. The number of carboxylic acids is 1. The van der Waals surface area contributed by atoms with Crippen molar-refractivity contribution >= 4 is 12.1 Å². The lowest BCUT2D eigenvalue weighted by Gasteiger charge is -2.20. The molecule has 6 heteroatoms. The first-order chi connectivity index (χ1) is 9.08. The number of likely N-dealkylation sites (tertiary alicyclic amines) is 1. The fourth-order valence-corrected chi connectivity index (χ4v) is 2.02. The molecule has 1 amide bonds. The van der Waals surface area contributed by atoms with Crippen molar-refractivity contribution < 1.29 is 23.8 Å². The van der Waals surface area contributed by atoms with E-state index >= 15 is 0 Å². The summed E-state index contributed by atoms with van der Waals surface area (Å²) in [6.45, 7) is -0.190. The van der Waals surface area contributed by atoms with E-state index in [0.29, 0.717) is 0 Å². The van der Waals surface area contributed by atoms with E-state index in [1.165, 1.54) is 0 Å². The Hall–Kier alpha value is -2.11. The van der Waals surface area contributed by atoms with Crippen LogP contribution in [0.2, 0.25) is 0 Å². The molecule has 0 bridgehead atoms. The minimum absolute atomic E-state index is 0.0411. The number of ether oxygens (including phenoxy) is 1. The van der Waals surface area contributed by atoms with Crippen molar-refractivity contribution in [1.29, 1.82) is 0 Å². The molecular weight excluding hydrogens is 253 g/mol. The predicted octanol–water partition coefficient (Wildman–Crippen LogP) is 1.82. The maximum absolute atomic E-state index is 13.2. The summed E-state index contributed by atoms with van der Waals surface area (Å²) in [6, 6.07) is 7.86. The second kappa shape index (κ2) is 5.69. The summed E-state index contributed by atoms with van der Waals surface area (Å²) in [5, 5.41) is 8.92. The normalized spacial score (nSPS) is 22.3. The number of nitrogens with zero attached hydrogens (tertiary/aromatic N) is 1. The Kier molecular flexibility index (Phi) is 3.99. The molecule has 0 aliphatic carbocycles. The number of amides is 1. The topological polar surface area (TPSA) is 66.8 Å². The quantitative estimate of drug-likeness (QED) is 0.907. The fourth-order valence-electron chi connectivity index (χ4n) is 2.02.